The molecule has 0 aliphatic carbocycles. The number of carbonyl (C=O) groups excluding carboxylic acids is 1. The first-order valence-corrected chi connectivity index (χ1v) is 6.27. The number of aliphatic carboxylic acids is 1. The van der Waals surface area contributed by atoms with Crippen LogP contribution < -0.4 is 4.90 Å². The number of para-hydroxylation sites is 1. The van der Waals surface area contributed by atoms with Gasteiger partial charge in [0.05, 0.1) is 6.26 Å². The summed E-state index contributed by atoms with van der Waals surface area (Å²) in [4.78, 5) is 25.3. The van der Waals surface area contributed by atoms with Crippen LogP contribution in [0.15, 0.2) is 41.0 Å². The number of furan rings is 1. The molecule has 1 N–H and O–H groups in total. The third kappa shape index (κ3) is 1.79. The number of anilines is 1. The van der Waals surface area contributed by atoms with Crippen molar-refractivity contribution >= 4 is 17.6 Å². The minimum absolute atomic E-state index is 0.133. The second kappa shape index (κ2) is 4.52. The van der Waals surface area contributed by atoms with Crippen LogP contribution in [0.5, 0.6) is 0 Å². The van der Waals surface area contributed by atoms with Crippen LogP contribution in [0, 0.1) is 6.92 Å². The van der Waals surface area contributed by atoms with Gasteiger partial charge in [0.15, 0.2) is 5.76 Å². The lowest BCUT2D eigenvalue weighted by atomic mass is 10.0. The number of hydrogen-bond acceptors (Lipinski definition) is 3. The summed E-state index contributed by atoms with van der Waals surface area (Å²) in [5, 5.41) is 9.28. The number of benzene rings is 1. The van der Waals surface area contributed by atoms with E-state index < -0.39 is 11.9 Å². The summed E-state index contributed by atoms with van der Waals surface area (Å²) in [6, 6.07) is 8.79. The number of amides is 1. The zero-order chi connectivity index (χ0) is 14.3. The van der Waals surface area contributed by atoms with E-state index >= 15 is 0 Å². The lowest BCUT2D eigenvalue weighted by molar-refractivity contribution is -0.138. The molecule has 5 nitrogen and oxygen atoms in total. The smallest absolute Gasteiger partial charge is 0.312 e. The van der Waals surface area contributed by atoms with E-state index in [-0.39, 0.29) is 18.2 Å². The standard InChI is InChI=1S/C15H13NO4/c1-9-6-7-20-13(9)14(17)16-8-11(15(18)19)10-4-2-3-5-12(10)16/h2-7,11H,8H2,1H3,(H,18,19). The fourth-order valence-corrected chi connectivity index (χ4v) is 2.53. The van der Waals surface area contributed by atoms with Crippen molar-refractivity contribution < 1.29 is 19.1 Å². The van der Waals surface area contributed by atoms with Crippen LogP contribution >= 0.6 is 0 Å². The molecule has 20 heavy (non-hydrogen) atoms. The highest BCUT2D eigenvalue weighted by Crippen LogP contribution is 2.37. The summed E-state index contributed by atoms with van der Waals surface area (Å²) in [5.41, 5.74) is 2.05. The van der Waals surface area contributed by atoms with Gasteiger partial charge in [0.25, 0.3) is 5.91 Å². The summed E-state index contributed by atoms with van der Waals surface area (Å²) in [7, 11) is 0. The minimum Gasteiger partial charge on any atom is -0.481 e. The zero-order valence-electron chi connectivity index (χ0n) is 10.9. The van der Waals surface area contributed by atoms with Crippen molar-refractivity contribution in [2.24, 2.45) is 0 Å². The summed E-state index contributed by atoms with van der Waals surface area (Å²) in [5.74, 6) is -1.66. The molecule has 1 aliphatic rings. The Kier molecular flexibility index (Phi) is 2.82. The van der Waals surface area contributed by atoms with E-state index in [2.05, 4.69) is 0 Å². The first-order valence-electron chi connectivity index (χ1n) is 6.27. The molecular weight excluding hydrogens is 258 g/mol. The van der Waals surface area contributed by atoms with Crippen LogP contribution in [-0.2, 0) is 4.79 Å². The second-order valence-corrected chi connectivity index (χ2v) is 4.80. The molecule has 1 aliphatic heterocycles. The van der Waals surface area contributed by atoms with Crippen molar-refractivity contribution in [2.75, 3.05) is 11.4 Å². The Morgan fingerprint density at radius 2 is 2.05 bits per heavy atom. The van der Waals surface area contributed by atoms with Crippen molar-refractivity contribution in [3.63, 3.8) is 0 Å². The van der Waals surface area contributed by atoms with E-state index in [9.17, 15) is 14.7 Å². The predicted octanol–water partition coefficient (Wildman–Crippen LogP) is 2.42. The monoisotopic (exact) mass is 271 g/mol. The highest BCUT2D eigenvalue weighted by atomic mass is 16.4. The second-order valence-electron chi connectivity index (χ2n) is 4.80. The van der Waals surface area contributed by atoms with Crippen molar-refractivity contribution in [1.82, 2.24) is 0 Å². The normalized spacial score (nSPS) is 17.1. The van der Waals surface area contributed by atoms with Gasteiger partial charge in [0, 0.05) is 17.8 Å². The van der Waals surface area contributed by atoms with Gasteiger partial charge in [-0.3, -0.25) is 9.59 Å². The molecule has 0 fully saturated rings. The lowest BCUT2D eigenvalue weighted by Gasteiger charge is -2.16. The molecule has 0 spiro atoms. The minimum atomic E-state index is -0.927. The number of fused-ring (bicyclic) bond motifs is 1. The Labute approximate surface area is 115 Å². The van der Waals surface area contributed by atoms with Crippen LogP contribution in [0.25, 0.3) is 0 Å². The van der Waals surface area contributed by atoms with Gasteiger partial charge in [-0.15, -0.1) is 0 Å². The molecule has 1 aromatic carbocycles. The summed E-state index contributed by atoms with van der Waals surface area (Å²) >= 11 is 0. The van der Waals surface area contributed by atoms with Crippen LogP contribution in [0.4, 0.5) is 5.69 Å². The lowest BCUT2D eigenvalue weighted by Crippen LogP contribution is -2.31. The van der Waals surface area contributed by atoms with E-state index in [0.29, 0.717) is 11.3 Å². The molecule has 0 saturated carbocycles. The maximum atomic E-state index is 12.5. The molecule has 0 saturated heterocycles. The molecule has 1 aromatic heterocycles. The molecule has 2 heterocycles. The van der Waals surface area contributed by atoms with Crippen molar-refractivity contribution in [3.05, 3.63) is 53.5 Å². The first kappa shape index (κ1) is 12.5. The Bertz CT molecular complexity index is 689. The maximum Gasteiger partial charge on any atom is 0.312 e. The molecule has 1 amide bonds. The van der Waals surface area contributed by atoms with Crippen LogP contribution in [0.3, 0.4) is 0 Å². The Balaban J connectivity index is 2.03. The molecule has 3 rings (SSSR count). The van der Waals surface area contributed by atoms with E-state index in [4.69, 9.17) is 4.42 Å². The molecule has 1 unspecified atom stereocenters. The van der Waals surface area contributed by atoms with E-state index in [1.54, 1.807) is 37.3 Å². The first-order chi connectivity index (χ1) is 9.59. The Morgan fingerprint density at radius 1 is 1.30 bits per heavy atom. The van der Waals surface area contributed by atoms with E-state index in [1.807, 2.05) is 0 Å². The van der Waals surface area contributed by atoms with Crippen LogP contribution in [0.1, 0.15) is 27.6 Å². The van der Waals surface area contributed by atoms with Gasteiger partial charge < -0.3 is 14.4 Å². The van der Waals surface area contributed by atoms with Gasteiger partial charge in [0.1, 0.15) is 5.92 Å². The molecule has 1 atom stereocenters. The average molecular weight is 271 g/mol. The molecule has 0 bridgehead atoms. The van der Waals surface area contributed by atoms with Gasteiger partial charge in [-0.1, -0.05) is 18.2 Å². The topological polar surface area (TPSA) is 70.8 Å². The predicted molar refractivity (Wildman–Crippen MR) is 71.9 cm³/mol. The number of nitrogens with zero attached hydrogens (tertiary/aromatic N) is 1. The third-order valence-electron chi connectivity index (χ3n) is 3.57. The van der Waals surface area contributed by atoms with Crippen molar-refractivity contribution in [1.29, 1.82) is 0 Å². The number of carboxylic acids is 1. The maximum absolute atomic E-state index is 12.5. The van der Waals surface area contributed by atoms with Crippen LogP contribution in [0.2, 0.25) is 0 Å². The molecule has 2 aromatic rings. The number of aryl methyl sites for hydroxylation is 1. The number of rotatable bonds is 2. The van der Waals surface area contributed by atoms with Gasteiger partial charge in [0.2, 0.25) is 0 Å². The van der Waals surface area contributed by atoms with Gasteiger partial charge >= 0.3 is 5.97 Å². The number of carbonyl (C=O) groups is 2. The fraction of sp³-hybridized carbons (Fsp3) is 0.200. The SMILES string of the molecule is Cc1ccoc1C(=O)N1CC(C(=O)O)c2ccccc21. The van der Waals surface area contributed by atoms with E-state index in [1.165, 1.54) is 11.2 Å². The number of carboxylic acid groups (broad SMARTS) is 1. The highest BCUT2D eigenvalue weighted by molar-refractivity contribution is 6.07. The van der Waals surface area contributed by atoms with Crippen LogP contribution in [-0.4, -0.2) is 23.5 Å². The highest BCUT2D eigenvalue weighted by Gasteiger charge is 2.37. The third-order valence-corrected chi connectivity index (χ3v) is 3.57. The average Bonchev–Trinajstić information content (AvgIpc) is 3.01. The number of hydrogen-bond donors (Lipinski definition) is 1. The summed E-state index contributed by atoms with van der Waals surface area (Å²) in [6.07, 6.45) is 1.46. The summed E-state index contributed by atoms with van der Waals surface area (Å²) < 4.78 is 5.21. The van der Waals surface area contributed by atoms with Crippen molar-refractivity contribution in [2.45, 2.75) is 12.8 Å². The zero-order valence-corrected chi connectivity index (χ0v) is 10.9. The fourth-order valence-electron chi connectivity index (χ4n) is 2.53. The molecule has 102 valence electrons. The summed E-state index contributed by atoms with van der Waals surface area (Å²) in [6.45, 7) is 1.92. The van der Waals surface area contributed by atoms with Gasteiger partial charge in [-0.2, -0.15) is 0 Å². The van der Waals surface area contributed by atoms with E-state index in [0.717, 1.165) is 5.56 Å². The Hall–Kier alpha value is -2.56. The van der Waals surface area contributed by atoms with Gasteiger partial charge in [-0.25, -0.2) is 0 Å². The van der Waals surface area contributed by atoms with Gasteiger partial charge in [-0.05, 0) is 24.6 Å². The largest absolute Gasteiger partial charge is 0.481 e. The molecular formula is C15H13NO4. The molecule has 0 radical (unpaired) electrons. The Morgan fingerprint density at radius 3 is 2.70 bits per heavy atom. The molecule has 5 heteroatoms. The quantitative estimate of drug-likeness (QED) is 0.910. The van der Waals surface area contributed by atoms with Crippen molar-refractivity contribution in [3.8, 4) is 0 Å².